The molecule has 1 aromatic rings. The van der Waals surface area contributed by atoms with Crippen LogP contribution in [0.15, 0.2) is 23.2 Å². The highest BCUT2D eigenvalue weighted by atomic mass is 15.3. The van der Waals surface area contributed by atoms with Crippen molar-refractivity contribution in [2.45, 2.75) is 46.1 Å². The number of pyridine rings is 1. The number of aromatic nitrogens is 1. The Hall–Kier alpha value is -1.58. The Labute approximate surface area is 134 Å². The molecule has 1 aliphatic heterocycles. The molecule has 2 atom stereocenters. The van der Waals surface area contributed by atoms with E-state index in [-0.39, 0.29) is 0 Å². The molecule has 0 aromatic carbocycles. The van der Waals surface area contributed by atoms with E-state index in [2.05, 4.69) is 34.3 Å². The van der Waals surface area contributed by atoms with Gasteiger partial charge in [-0.1, -0.05) is 18.9 Å². The Morgan fingerprint density at radius 2 is 2.00 bits per heavy atom. The van der Waals surface area contributed by atoms with Crippen LogP contribution in [0.1, 0.15) is 44.0 Å². The van der Waals surface area contributed by atoms with E-state index in [0.717, 1.165) is 35.7 Å². The zero-order chi connectivity index (χ0) is 15.4. The third kappa shape index (κ3) is 3.60. The van der Waals surface area contributed by atoms with E-state index in [1.807, 2.05) is 13.0 Å². The number of hydrogen-bond donors (Lipinski definition) is 1. The summed E-state index contributed by atoms with van der Waals surface area (Å²) in [7, 11) is 0. The highest BCUT2D eigenvalue weighted by Crippen LogP contribution is 2.35. The van der Waals surface area contributed by atoms with Gasteiger partial charge in [0.1, 0.15) is 0 Å². The maximum Gasteiger partial charge on any atom is 0.194 e. The topological polar surface area (TPSA) is 40.5 Å². The molecule has 22 heavy (non-hydrogen) atoms. The number of aryl methyl sites for hydroxylation is 1. The van der Waals surface area contributed by atoms with Crippen molar-refractivity contribution in [2.24, 2.45) is 16.8 Å². The van der Waals surface area contributed by atoms with Gasteiger partial charge in [-0.15, -0.1) is 0 Å². The van der Waals surface area contributed by atoms with Gasteiger partial charge >= 0.3 is 0 Å². The van der Waals surface area contributed by atoms with Crippen LogP contribution < -0.4 is 5.32 Å². The van der Waals surface area contributed by atoms with Crippen LogP contribution in [0.5, 0.6) is 0 Å². The summed E-state index contributed by atoms with van der Waals surface area (Å²) >= 11 is 0. The Morgan fingerprint density at radius 3 is 2.64 bits per heavy atom. The van der Waals surface area contributed by atoms with Crippen molar-refractivity contribution in [1.29, 1.82) is 0 Å². The molecule has 3 rings (SSSR count). The van der Waals surface area contributed by atoms with Crippen molar-refractivity contribution in [3.63, 3.8) is 0 Å². The van der Waals surface area contributed by atoms with Gasteiger partial charge in [0.2, 0.25) is 0 Å². The van der Waals surface area contributed by atoms with Gasteiger partial charge in [0.15, 0.2) is 5.96 Å². The predicted molar refractivity (Wildman–Crippen MR) is 90.8 cm³/mol. The number of rotatable bonds is 3. The molecular formula is C18H28N4. The summed E-state index contributed by atoms with van der Waals surface area (Å²) in [6, 6.07) is 6.15. The van der Waals surface area contributed by atoms with Gasteiger partial charge in [-0.3, -0.25) is 4.98 Å². The van der Waals surface area contributed by atoms with E-state index in [1.165, 1.54) is 38.8 Å². The molecule has 1 aromatic heterocycles. The molecule has 1 aliphatic carbocycles. The lowest BCUT2D eigenvalue weighted by molar-refractivity contribution is 0.299. The van der Waals surface area contributed by atoms with Crippen molar-refractivity contribution >= 4 is 5.96 Å². The predicted octanol–water partition coefficient (Wildman–Crippen LogP) is 2.98. The lowest BCUT2D eigenvalue weighted by atomic mass is 9.82. The van der Waals surface area contributed by atoms with Gasteiger partial charge in [-0.25, -0.2) is 4.99 Å². The number of aliphatic imine (C=N–C) groups is 1. The van der Waals surface area contributed by atoms with Gasteiger partial charge in [-0.05, 0) is 50.7 Å². The number of nitrogens with one attached hydrogen (secondary N) is 1. The first-order chi connectivity index (χ1) is 10.8. The molecule has 4 heteroatoms. The second-order valence-electron chi connectivity index (χ2n) is 6.65. The van der Waals surface area contributed by atoms with Crippen molar-refractivity contribution in [3.05, 3.63) is 29.6 Å². The number of likely N-dealkylation sites (tertiary alicyclic amines) is 1. The summed E-state index contributed by atoms with van der Waals surface area (Å²) in [5.41, 5.74) is 2.11. The molecule has 120 valence electrons. The molecule has 0 bridgehead atoms. The Kier molecular flexibility index (Phi) is 4.96. The average Bonchev–Trinajstić information content (AvgIpc) is 2.95. The first kappa shape index (κ1) is 15.3. The monoisotopic (exact) mass is 300 g/mol. The first-order valence-electron chi connectivity index (χ1n) is 8.72. The van der Waals surface area contributed by atoms with E-state index in [4.69, 9.17) is 4.99 Å². The van der Waals surface area contributed by atoms with Crippen LogP contribution in [0.25, 0.3) is 0 Å². The number of hydrogen-bond acceptors (Lipinski definition) is 2. The largest absolute Gasteiger partial charge is 0.357 e. The van der Waals surface area contributed by atoms with Gasteiger partial charge in [0.05, 0.1) is 12.2 Å². The van der Waals surface area contributed by atoms with Gasteiger partial charge in [-0.2, -0.15) is 0 Å². The summed E-state index contributed by atoms with van der Waals surface area (Å²) in [5.74, 6) is 2.84. The van der Waals surface area contributed by atoms with Crippen LogP contribution in [0.4, 0.5) is 0 Å². The second kappa shape index (κ2) is 7.12. The fraction of sp³-hybridized carbons (Fsp3) is 0.667. The summed E-state index contributed by atoms with van der Waals surface area (Å²) in [6.07, 6.45) is 5.63. The second-order valence-corrected chi connectivity index (χ2v) is 6.65. The molecule has 1 saturated heterocycles. The van der Waals surface area contributed by atoms with E-state index >= 15 is 0 Å². The van der Waals surface area contributed by atoms with Crippen molar-refractivity contribution in [2.75, 3.05) is 19.6 Å². The summed E-state index contributed by atoms with van der Waals surface area (Å²) in [5, 5.41) is 3.47. The van der Waals surface area contributed by atoms with Gasteiger partial charge in [0, 0.05) is 25.3 Å². The summed E-state index contributed by atoms with van der Waals surface area (Å²) in [4.78, 5) is 11.9. The number of guanidine groups is 1. The third-order valence-corrected chi connectivity index (χ3v) is 4.95. The highest BCUT2D eigenvalue weighted by Gasteiger charge is 2.35. The van der Waals surface area contributed by atoms with Crippen LogP contribution in [-0.4, -0.2) is 35.5 Å². The maximum absolute atomic E-state index is 4.83. The van der Waals surface area contributed by atoms with Crippen LogP contribution in [0.3, 0.4) is 0 Å². The van der Waals surface area contributed by atoms with Crippen molar-refractivity contribution in [3.8, 4) is 0 Å². The average molecular weight is 300 g/mol. The minimum absolute atomic E-state index is 0.663. The molecule has 2 aliphatic rings. The molecule has 2 fully saturated rings. The molecule has 4 nitrogen and oxygen atoms in total. The fourth-order valence-corrected chi connectivity index (χ4v) is 3.85. The maximum atomic E-state index is 4.83. The van der Waals surface area contributed by atoms with Crippen molar-refractivity contribution in [1.82, 2.24) is 15.2 Å². The minimum Gasteiger partial charge on any atom is -0.357 e. The van der Waals surface area contributed by atoms with Gasteiger partial charge in [0.25, 0.3) is 0 Å². The SMILES string of the molecule is CCNC(=NCc1cccc(C)n1)N1CC2CCCCC2C1. The molecule has 2 heterocycles. The van der Waals surface area contributed by atoms with Gasteiger partial charge < -0.3 is 10.2 Å². The lowest BCUT2D eigenvalue weighted by Crippen LogP contribution is -2.40. The molecule has 0 amide bonds. The molecule has 2 unspecified atom stereocenters. The van der Waals surface area contributed by atoms with Crippen LogP contribution >= 0.6 is 0 Å². The van der Waals surface area contributed by atoms with E-state index in [1.54, 1.807) is 0 Å². The molecule has 1 N–H and O–H groups in total. The zero-order valence-electron chi connectivity index (χ0n) is 13.9. The van der Waals surface area contributed by atoms with Crippen LogP contribution in [0, 0.1) is 18.8 Å². The summed E-state index contributed by atoms with van der Waals surface area (Å²) in [6.45, 7) is 8.12. The van der Waals surface area contributed by atoms with Crippen molar-refractivity contribution < 1.29 is 0 Å². The standard InChI is InChI=1S/C18H28N4/c1-3-19-18(20-11-17-10-6-7-14(2)21-17)22-12-15-8-4-5-9-16(15)13-22/h6-7,10,15-16H,3-5,8-9,11-13H2,1-2H3,(H,19,20). The van der Waals surface area contributed by atoms with E-state index < -0.39 is 0 Å². The normalized spacial score (nSPS) is 25.2. The lowest BCUT2D eigenvalue weighted by Gasteiger charge is -2.22. The van der Waals surface area contributed by atoms with E-state index in [0.29, 0.717) is 6.54 Å². The first-order valence-corrected chi connectivity index (χ1v) is 8.72. The Morgan fingerprint density at radius 1 is 1.27 bits per heavy atom. The Bertz CT molecular complexity index is 512. The molecule has 0 spiro atoms. The highest BCUT2D eigenvalue weighted by molar-refractivity contribution is 5.80. The Balaban J connectivity index is 1.68. The third-order valence-electron chi connectivity index (χ3n) is 4.95. The smallest absolute Gasteiger partial charge is 0.194 e. The van der Waals surface area contributed by atoms with Crippen LogP contribution in [-0.2, 0) is 6.54 Å². The van der Waals surface area contributed by atoms with Crippen LogP contribution in [0.2, 0.25) is 0 Å². The summed E-state index contributed by atoms with van der Waals surface area (Å²) < 4.78 is 0. The minimum atomic E-state index is 0.663. The molecule has 1 saturated carbocycles. The number of fused-ring (bicyclic) bond motifs is 1. The molecular weight excluding hydrogens is 272 g/mol. The number of nitrogens with zero attached hydrogens (tertiary/aromatic N) is 3. The molecule has 0 radical (unpaired) electrons. The zero-order valence-corrected chi connectivity index (χ0v) is 13.9. The quantitative estimate of drug-likeness (QED) is 0.689. The van der Waals surface area contributed by atoms with E-state index in [9.17, 15) is 0 Å². The fourth-order valence-electron chi connectivity index (χ4n) is 3.85.